The fourth-order valence-electron chi connectivity index (χ4n) is 2.56. The quantitative estimate of drug-likeness (QED) is 0.754. The Morgan fingerprint density at radius 3 is 2.65 bits per heavy atom. The van der Waals surface area contributed by atoms with E-state index in [1.54, 1.807) is 42.1 Å². The largest absolute Gasteiger partial charge is 0.497 e. The minimum Gasteiger partial charge on any atom is -0.497 e. The standard InChI is InChI=1S/C18H19N5O3/c1-12-9-13(2)23(20-12)16-7-8-18(25)22(21-16)11-17(24)19-14-5-4-6-15(10-14)26-3/h4-10H,11H2,1-3H3,(H,19,24). The van der Waals surface area contributed by atoms with Gasteiger partial charge >= 0.3 is 0 Å². The van der Waals surface area contributed by atoms with Crippen molar-refractivity contribution in [3.63, 3.8) is 0 Å². The summed E-state index contributed by atoms with van der Waals surface area (Å²) >= 11 is 0. The first-order valence-corrected chi connectivity index (χ1v) is 8.02. The van der Waals surface area contributed by atoms with E-state index in [4.69, 9.17) is 4.74 Å². The molecule has 26 heavy (non-hydrogen) atoms. The van der Waals surface area contributed by atoms with Crippen molar-refractivity contribution >= 4 is 11.6 Å². The van der Waals surface area contributed by atoms with Crippen LogP contribution in [0.5, 0.6) is 5.75 Å². The van der Waals surface area contributed by atoms with Gasteiger partial charge in [0.25, 0.3) is 5.56 Å². The molecule has 3 rings (SSSR count). The summed E-state index contributed by atoms with van der Waals surface area (Å²) in [4.78, 5) is 24.3. The van der Waals surface area contributed by atoms with Gasteiger partial charge in [-0.3, -0.25) is 9.59 Å². The number of carbonyl (C=O) groups excluding carboxylic acids is 1. The van der Waals surface area contributed by atoms with E-state index in [2.05, 4.69) is 15.5 Å². The van der Waals surface area contributed by atoms with Crippen molar-refractivity contribution in [3.8, 4) is 11.6 Å². The van der Waals surface area contributed by atoms with Crippen LogP contribution in [-0.2, 0) is 11.3 Å². The maximum absolute atomic E-state index is 12.3. The molecule has 0 spiro atoms. The van der Waals surface area contributed by atoms with Gasteiger partial charge in [-0.2, -0.15) is 5.10 Å². The predicted octanol–water partition coefficient (Wildman–Crippen LogP) is 1.69. The lowest BCUT2D eigenvalue weighted by atomic mass is 10.3. The number of aromatic nitrogens is 4. The molecule has 0 aliphatic carbocycles. The summed E-state index contributed by atoms with van der Waals surface area (Å²) < 4.78 is 7.87. The Hall–Kier alpha value is -3.42. The van der Waals surface area contributed by atoms with Crippen LogP contribution >= 0.6 is 0 Å². The zero-order valence-electron chi connectivity index (χ0n) is 14.8. The van der Waals surface area contributed by atoms with Crippen LogP contribution in [0, 0.1) is 13.8 Å². The van der Waals surface area contributed by atoms with E-state index >= 15 is 0 Å². The second-order valence-electron chi connectivity index (χ2n) is 5.81. The Kier molecular flexibility index (Phi) is 4.83. The van der Waals surface area contributed by atoms with Crippen molar-refractivity contribution in [2.45, 2.75) is 20.4 Å². The van der Waals surface area contributed by atoms with E-state index in [-0.39, 0.29) is 18.0 Å². The van der Waals surface area contributed by atoms with E-state index in [1.807, 2.05) is 19.9 Å². The van der Waals surface area contributed by atoms with Crippen LogP contribution in [-0.4, -0.2) is 32.6 Å². The van der Waals surface area contributed by atoms with Gasteiger partial charge in [0.15, 0.2) is 5.82 Å². The fourth-order valence-corrected chi connectivity index (χ4v) is 2.56. The minimum absolute atomic E-state index is 0.205. The summed E-state index contributed by atoms with van der Waals surface area (Å²) in [7, 11) is 1.55. The Balaban J connectivity index is 1.80. The highest BCUT2D eigenvalue weighted by atomic mass is 16.5. The van der Waals surface area contributed by atoms with Gasteiger partial charge in [0, 0.05) is 23.5 Å². The van der Waals surface area contributed by atoms with Gasteiger partial charge in [0.05, 0.1) is 12.8 Å². The molecule has 8 heteroatoms. The highest BCUT2D eigenvalue weighted by Crippen LogP contribution is 2.16. The molecule has 0 aliphatic rings. The molecule has 0 saturated carbocycles. The van der Waals surface area contributed by atoms with Crippen molar-refractivity contribution in [3.05, 3.63) is 64.2 Å². The number of ether oxygens (including phenoxy) is 1. The number of nitrogens with one attached hydrogen (secondary N) is 1. The first-order valence-electron chi connectivity index (χ1n) is 8.02. The molecule has 0 radical (unpaired) electrons. The third-order valence-corrected chi connectivity index (χ3v) is 3.73. The average molecular weight is 353 g/mol. The van der Waals surface area contributed by atoms with Gasteiger partial charge in [-0.15, -0.1) is 5.10 Å². The van der Waals surface area contributed by atoms with Crippen molar-refractivity contribution in [1.82, 2.24) is 19.6 Å². The van der Waals surface area contributed by atoms with Crippen LogP contribution in [0.1, 0.15) is 11.4 Å². The number of anilines is 1. The Morgan fingerprint density at radius 2 is 1.96 bits per heavy atom. The van der Waals surface area contributed by atoms with E-state index in [1.165, 1.54) is 6.07 Å². The lowest BCUT2D eigenvalue weighted by Crippen LogP contribution is -2.30. The molecule has 3 aromatic rings. The van der Waals surface area contributed by atoms with Crippen LogP contribution in [0.4, 0.5) is 5.69 Å². The lowest BCUT2D eigenvalue weighted by Gasteiger charge is -2.09. The van der Waals surface area contributed by atoms with Crippen molar-refractivity contribution in [1.29, 1.82) is 0 Å². The first kappa shape index (κ1) is 17.4. The maximum atomic E-state index is 12.3. The number of rotatable bonds is 5. The van der Waals surface area contributed by atoms with Crippen molar-refractivity contribution in [2.75, 3.05) is 12.4 Å². The van der Waals surface area contributed by atoms with Crippen LogP contribution < -0.4 is 15.6 Å². The Labute approximate surface area is 150 Å². The monoisotopic (exact) mass is 353 g/mol. The van der Waals surface area contributed by atoms with Gasteiger partial charge in [-0.05, 0) is 38.1 Å². The summed E-state index contributed by atoms with van der Waals surface area (Å²) in [5, 5.41) is 11.3. The average Bonchev–Trinajstić information content (AvgIpc) is 2.95. The second kappa shape index (κ2) is 7.22. The molecule has 0 saturated heterocycles. The third kappa shape index (κ3) is 3.80. The Morgan fingerprint density at radius 1 is 1.15 bits per heavy atom. The smallest absolute Gasteiger partial charge is 0.267 e. The van der Waals surface area contributed by atoms with Crippen molar-refractivity contribution < 1.29 is 9.53 Å². The normalized spacial score (nSPS) is 10.6. The second-order valence-corrected chi connectivity index (χ2v) is 5.81. The number of aryl methyl sites for hydroxylation is 2. The Bertz CT molecular complexity index is 1010. The number of amides is 1. The van der Waals surface area contributed by atoms with Gasteiger partial charge in [0.1, 0.15) is 12.3 Å². The number of benzene rings is 1. The van der Waals surface area contributed by atoms with E-state index in [9.17, 15) is 9.59 Å². The molecule has 0 aliphatic heterocycles. The number of methoxy groups -OCH3 is 1. The van der Waals surface area contributed by atoms with Gasteiger partial charge in [-0.1, -0.05) is 6.07 Å². The maximum Gasteiger partial charge on any atom is 0.267 e. The molecule has 0 unspecified atom stereocenters. The predicted molar refractivity (Wildman–Crippen MR) is 96.7 cm³/mol. The van der Waals surface area contributed by atoms with Gasteiger partial charge < -0.3 is 10.1 Å². The van der Waals surface area contributed by atoms with Crippen molar-refractivity contribution in [2.24, 2.45) is 0 Å². The summed E-state index contributed by atoms with van der Waals surface area (Å²) in [5.41, 5.74) is 1.95. The molecule has 0 bridgehead atoms. The molecule has 134 valence electrons. The van der Waals surface area contributed by atoms with E-state index in [0.29, 0.717) is 17.3 Å². The molecule has 1 aromatic carbocycles. The fraction of sp³-hybridized carbons (Fsp3) is 0.222. The lowest BCUT2D eigenvalue weighted by molar-refractivity contribution is -0.117. The molecule has 0 fully saturated rings. The van der Waals surface area contributed by atoms with Crippen LogP contribution in [0.2, 0.25) is 0 Å². The topological polar surface area (TPSA) is 91.0 Å². The molecular formula is C18H19N5O3. The zero-order valence-corrected chi connectivity index (χ0v) is 14.8. The van der Waals surface area contributed by atoms with Gasteiger partial charge in [-0.25, -0.2) is 9.36 Å². The molecule has 0 atom stereocenters. The number of nitrogens with zero attached hydrogens (tertiary/aromatic N) is 4. The number of carbonyl (C=O) groups is 1. The summed E-state index contributed by atoms with van der Waals surface area (Å²) in [5.74, 6) is 0.743. The van der Waals surface area contributed by atoms with Crippen LogP contribution in [0.15, 0.2) is 47.3 Å². The van der Waals surface area contributed by atoms with Crippen LogP contribution in [0.3, 0.4) is 0 Å². The molecule has 8 nitrogen and oxygen atoms in total. The molecule has 2 aromatic heterocycles. The van der Waals surface area contributed by atoms with Crippen LogP contribution in [0.25, 0.3) is 5.82 Å². The summed E-state index contributed by atoms with van der Waals surface area (Å²) in [6.07, 6.45) is 0. The molecular weight excluding hydrogens is 334 g/mol. The highest BCUT2D eigenvalue weighted by Gasteiger charge is 2.10. The molecule has 2 heterocycles. The summed E-state index contributed by atoms with van der Waals surface area (Å²) in [6, 6.07) is 11.8. The highest BCUT2D eigenvalue weighted by molar-refractivity contribution is 5.90. The number of hydrogen-bond acceptors (Lipinski definition) is 5. The van der Waals surface area contributed by atoms with Gasteiger partial charge in [0.2, 0.25) is 5.91 Å². The SMILES string of the molecule is COc1cccc(NC(=O)Cn2nc(-n3nc(C)cc3C)ccc2=O)c1. The zero-order chi connectivity index (χ0) is 18.7. The van der Waals surface area contributed by atoms with E-state index < -0.39 is 0 Å². The third-order valence-electron chi connectivity index (χ3n) is 3.73. The number of hydrogen-bond donors (Lipinski definition) is 1. The molecule has 1 N–H and O–H groups in total. The minimum atomic E-state index is -0.365. The summed E-state index contributed by atoms with van der Waals surface area (Å²) in [6.45, 7) is 3.57. The first-order chi connectivity index (χ1) is 12.5. The molecule has 1 amide bonds. The van der Waals surface area contributed by atoms with E-state index in [0.717, 1.165) is 16.1 Å².